The summed E-state index contributed by atoms with van der Waals surface area (Å²) >= 11 is 0. The number of ether oxygens (including phenoxy) is 2. The average molecular weight is 371 g/mol. The average Bonchev–Trinajstić information content (AvgIpc) is 3.42. The number of nitrogens with zero attached hydrogens (tertiary/aromatic N) is 3. The van der Waals surface area contributed by atoms with Gasteiger partial charge in [-0.25, -0.2) is 0 Å². The second-order valence-electron chi connectivity index (χ2n) is 6.64. The first-order valence-electron chi connectivity index (χ1n) is 8.93. The molecule has 2 amide bonds. The summed E-state index contributed by atoms with van der Waals surface area (Å²) in [5.41, 5.74) is 0.745. The Kier molecular flexibility index (Phi) is 4.76. The van der Waals surface area contributed by atoms with Crippen LogP contribution in [0.25, 0.3) is 0 Å². The summed E-state index contributed by atoms with van der Waals surface area (Å²) in [4.78, 5) is 30.8. The largest absolute Gasteiger partial charge is 0.497 e. The normalized spacial score (nSPS) is 22.3. The van der Waals surface area contributed by atoms with E-state index in [-0.39, 0.29) is 30.3 Å². The van der Waals surface area contributed by atoms with Crippen LogP contribution in [-0.2, 0) is 14.3 Å². The van der Waals surface area contributed by atoms with E-state index in [2.05, 4.69) is 20.5 Å². The Labute approximate surface area is 156 Å². The van der Waals surface area contributed by atoms with Crippen molar-refractivity contribution in [3.05, 3.63) is 30.1 Å². The highest BCUT2D eigenvalue weighted by molar-refractivity contribution is 6.03. The zero-order chi connectivity index (χ0) is 18.8. The zero-order valence-corrected chi connectivity index (χ0v) is 15.0. The molecule has 1 aromatic heterocycles. The molecule has 2 saturated heterocycles. The minimum Gasteiger partial charge on any atom is -0.497 e. The van der Waals surface area contributed by atoms with Gasteiger partial charge in [0.2, 0.25) is 17.8 Å². The van der Waals surface area contributed by atoms with Gasteiger partial charge in [0.15, 0.2) is 5.82 Å². The van der Waals surface area contributed by atoms with Crippen molar-refractivity contribution in [2.45, 2.75) is 25.4 Å². The summed E-state index contributed by atoms with van der Waals surface area (Å²) in [7, 11) is 1.59. The summed E-state index contributed by atoms with van der Waals surface area (Å²) in [5.74, 6) is 0.731. The third-order valence-electron chi connectivity index (χ3n) is 4.85. The number of nitrogens with one attached hydrogen (secondary N) is 2. The third-order valence-corrected chi connectivity index (χ3v) is 4.85. The van der Waals surface area contributed by atoms with E-state index in [1.54, 1.807) is 36.3 Å². The van der Waals surface area contributed by atoms with Gasteiger partial charge in [0.1, 0.15) is 11.9 Å². The number of benzene rings is 1. The highest BCUT2D eigenvalue weighted by Gasteiger charge is 2.35. The Morgan fingerprint density at radius 3 is 2.89 bits per heavy atom. The van der Waals surface area contributed by atoms with Gasteiger partial charge in [0, 0.05) is 25.3 Å². The topological polar surface area (TPSA) is 109 Å². The number of rotatable bonds is 5. The molecule has 4 rings (SSSR count). The monoisotopic (exact) mass is 371 g/mol. The molecule has 9 nitrogen and oxygen atoms in total. The first-order chi connectivity index (χ1) is 13.1. The minimum atomic E-state index is -0.454. The summed E-state index contributed by atoms with van der Waals surface area (Å²) < 4.78 is 10.7. The zero-order valence-electron chi connectivity index (χ0n) is 15.0. The van der Waals surface area contributed by atoms with Crippen molar-refractivity contribution in [1.82, 2.24) is 15.2 Å². The lowest BCUT2D eigenvalue weighted by Crippen LogP contribution is -2.28. The molecule has 0 aliphatic carbocycles. The van der Waals surface area contributed by atoms with Crippen LogP contribution in [0.5, 0.6) is 5.75 Å². The third kappa shape index (κ3) is 3.63. The molecule has 9 heteroatoms. The van der Waals surface area contributed by atoms with Crippen LogP contribution in [0.2, 0.25) is 0 Å². The van der Waals surface area contributed by atoms with Crippen molar-refractivity contribution < 1.29 is 19.1 Å². The summed E-state index contributed by atoms with van der Waals surface area (Å²) in [6.45, 7) is 1.03. The molecule has 2 aromatic rings. The molecule has 1 aromatic carbocycles. The van der Waals surface area contributed by atoms with Gasteiger partial charge in [-0.15, -0.1) is 5.10 Å². The van der Waals surface area contributed by atoms with E-state index in [4.69, 9.17) is 9.47 Å². The van der Waals surface area contributed by atoms with Crippen LogP contribution in [0.3, 0.4) is 0 Å². The quantitative estimate of drug-likeness (QED) is 0.827. The molecule has 0 saturated carbocycles. The number of methoxy groups -OCH3 is 1. The van der Waals surface area contributed by atoms with Gasteiger partial charge in [0.25, 0.3) is 0 Å². The number of carbonyl (C=O) groups is 2. The number of H-pyrrole nitrogens is 1. The molecule has 142 valence electrons. The lowest BCUT2D eigenvalue weighted by molar-refractivity contribution is -0.122. The van der Waals surface area contributed by atoms with E-state index in [1.807, 2.05) is 0 Å². The minimum absolute atomic E-state index is 0.0876. The smallest absolute Gasteiger partial charge is 0.248 e. The van der Waals surface area contributed by atoms with Crippen LogP contribution in [-0.4, -0.2) is 47.3 Å². The Morgan fingerprint density at radius 1 is 1.37 bits per heavy atom. The standard InChI is InChI=1S/C18H21N5O4/c1-26-13-6-4-12(5-7-13)23-10-11(9-15(23)24)17(25)20-18-19-16(21-22-18)14-3-2-8-27-14/h4-7,11,14H,2-3,8-10H2,1H3,(H2,19,20,21,22,25)/t11-,14-/m1/s1. The fourth-order valence-corrected chi connectivity index (χ4v) is 3.37. The molecule has 0 bridgehead atoms. The molecule has 27 heavy (non-hydrogen) atoms. The van der Waals surface area contributed by atoms with Crippen molar-refractivity contribution in [2.75, 3.05) is 30.5 Å². The van der Waals surface area contributed by atoms with Crippen LogP contribution >= 0.6 is 0 Å². The molecular formula is C18H21N5O4. The first-order valence-corrected chi connectivity index (χ1v) is 8.93. The Balaban J connectivity index is 1.38. The first kappa shape index (κ1) is 17.5. The maximum Gasteiger partial charge on any atom is 0.248 e. The van der Waals surface area contributed by atoms with Crippen molar-refractivity contribution in [3.8, 4) is 5.75 Å². The van der Waals surface area contributed by atoms with Gasteiger partial charge in [-0.3, -0.25) is 20.0 Å². The van der Waals surface area contributed by atoms with E-state index < -0.39 is 5.92 Å². The van der Waals surface area contributed by atoms with Crippen molar-refractivity contribution in [1.29, 1.82) is 0 Å². The van der Waals surface area contributed by atoms with Crippen LogP contribution in [0.4, 0.5) is 11.6 Å². The number of carbonyl (C=O) groups excluding carboxylic acids is 2. The number of amides is 2. The SMILES string of the molecule is COc1ccc(N2C[C@H](C(=O)Nc3n[nH]c([C@H]4CCCO4)n3)CC2=O)cc1. The van der Waals surface area contributed by atoms with Gasteiger partial charge in [0.05, 0.1) is 13.0 Å². The number of aromatic nitrogens is 3. The van der Waals surface area contributed by atoms with Crippen LogP contribution < -0.4 is 15.0 Å². The summed E-state index contributed by atoms with van der Waals surface area (Å²) in [6.07, 6.45) is 1.93. The lowest BCUT2D eigenvalue weighted by atomic mass is 10.1. The highest BCUT2D eigenvalue weighted by atomic mass is 16.5. The van der Waals surface area contributed by atoms with Gasteiger partial charge in [-0.1, -0.05) is 0 Å². The molecule has 3 heterocycles. The summed E-state index contributed by atoms with van der Waals surface area (Å²) in [6, 6.07) is 7.19. The predicted molar refractivity (Wildman–Crippen MR) is 96.4 cm³/mol. The highest BCUT2D eigenvalue weighted by Crippen LogP contribution is 2.28. The van der Waals surface area contributed by atoms with E-state index in [0.717, 1.165) is 18.5 Å². The van der Waals surface area contributed by atoms with Crippen molar-refractivity contribution in [2.24, 2.45) is 5.92 Å². The van der Waals surface area contributed by atoms with Gasteiger partial charge in [-0.2, -0.15) is 4.98 Å². The number of hydrogen-bond acceptors (Lipinski definition) is 6. The maximum atomic E-state index is 12.5. The maximum absolute atomic E-state index is 12.5. The van der Waals surface area contributed by atoms with Crippen molar-refractivity contribution >= 4 is 23.5 Å². The van der Waals surface area contributed by atoms with Crippen LogP contribution in [0.15, 0.2) is 24.3 Å². The van der Waals surface area contributed by atoms with Crippen LogP contribution in [0, 0.1) is 5.92 Å². The van der Waals surface area contributed by atoms with Gasteiger partial charge < -0.3 is 14.4 Å². The fraction of sp³-hybridized carbons (Fsp3) is 0.444. The fourth-order valence-electron chi connectivity index (χ4n) is 3.37. The second-order valence-corrected chi connectivity index (χ2v) is 6.64. The van der Waals surface area contributed by atoms with E-state index in [1.165, 1.54) is 0 Å². The number of aromatic amines is 1. The molecule has 2 aliphatic rings. The molecule has 2 N–H and O–H groups in total. The van der Waals surface area contributed by atoms with E-state index in [9.17, 15) is 9.59 Å². The Hall–Kier alpha value is -2.94. The predicted octanol–water partition coefficient (Wildman–Crippen LogP) is 1.66. The lowest BCUT2D eigenvalue weighted by Gasteiger charge is -2.16. The molecular weight excluding hydrogens is 350 g/mol. The molecule has 2 atom stereocenters. The molecule has 0 spiro atoms. The van der Waals surface area contributed by atoms with Crippen molar-refractivity contribution in [3.63, 3.8) is 0 Å². The summed E-state index contributed by atoms with van der Waals surface area (Å²) in [5, 5.41) is 9.53. The van der Waals surface area contributed by atoms with Crippen LogP contribution in [0.1, 0.15) is 31.2 Å². The van der Waals surface area contributed by atoms with Gasteiger partial charge in [-0.05, 0) is 37.1 Å². The Bertz CT molecular complexity index is 829. The number of anilines is 2. The van der Waals surface area contributed by atoms with E-state index >= 15 is 0 Å². The second kappa shape index (κ2) is 7.36. The molecule has 2 fully saturated rings. The van der Waals surface area contributed by atoms with Gasteiger partial charge >= 0.3 is 0 Å². The number of hydrogen-bond donors (Lipinski definition) is 2. The van der Waals surface area contributed by atoms with E-state index in [0.29, 0.717) is 24.7 Å². The molecule has 0 radical (unpaired) electrons. The molecule has 2 aliphatic heterocycles. The Morgan fingerprint density at radius 2 is 2.19 bits per heavy atom. The molecule has 0 unspecified atom stereocenters.